The van der Waals surface area contributed by atoms with Crippen molar-refractivity contribution < 1.29 is 19.1 Å². The van der Waals surface area contributed by atoms with Crippen LogP contribution in [-0.4, -0.2) is 42.9 Å². The molecule has 1 atom stereocenters. The van der Waals surface area contributed by atoms with Gasteiger partial charge in [0.15, 0.2) is 5.96 Å². The van der Waals surface area contributed by atoms with E-state index in [9.17, 15) is 14.4 Å². The number of benzene rings is 1. The van der Waals surface area contributed by atoms with Crippen LogP contribution in [0, 0.1) is 0 Å². The Balaban J connectivity index is 2.29. The van der Waals surface area contributed by atoms with Crippen molar-refractivity contribution in [3.8, 4) is 0 Å². The van der Waals surface area contributed by atoms with Crippen molar-refractivity contribution in [3.05, 3.63) is 35.9 Å². The summed E-state index contributed by atoms with van der Waals surface area (Å²) in [5.41, 5.74) is 16.3. The molecule has 0 heterocycles. The van der Waals surface area contributed by atoms with Crippen molar-refractivity contribution in [1.29, 1.82) is 0 Å². The summed E-state index contributed by atoms with van der Waals surface area (Å²) in [6, 6.07) is 7.37. The second-order valence-corrected chi connectivity index (χ2v) is 4.90. The van der Waals surface area contributed by atoms with Crippen LogP contribution < -0.4 is 22.5 Å². The fraction of sp³-hybridized carbons (Fsp3) is 0.333. The number of nitrogens with zero attached hydrogens (tertiary/aromatic N) is 1. The van der Waals surface area contributed by atoms with Crippen molar-refractivity contribution in [2.24, 2.45) is 22.2 Å². The number of aliphatic imine (C=N–C) groups is 1. The molecule has 1 amide bonds. The molecule has 9 heteroatoms. The van der Waals surface area contributed by atoms with Gasteiger partial charge in [0.1, 0.15) is 12.6 Å². The highest BCUT2D eigenvalue weighted by Crippen LogP contribution is 1.99. The largest absolute Gasteiger partial charge is 0.391 e. The van der Waals surface area contributed by atoms with E-state index in [1.165, 1.54) is 0 Å². The number of guanidine groups is 1. The normalized spacial score (nSPS) is 11.2. The maximum Gasteiger partial charge on any atom is 0.333 e. The molecule has 0 aliphatic heterocycles. The van der Waals surface area contributed by atoms with E-state index in [-0.39, 0.29) is 12.4 Å². The summed E-state index contributed by atoms with van der Waals surface area (Å²) in [7, 11) is 0. The highest BCUT2D eigenvalue weighted by Gasteiger charge is 2.19. The molecule has 0 unspecified atom stereocenters. The van der Waals surface area contributed by atoms with E-state index >= 15 is 0 Å². The summed E-state index contributed by atoms with van der Waals surface area (Å²) < 4.78 is 4.57. The molecular formula is C15H21N5O4. The van der Waals surface area contributed by atoms with Crippen LogP contribution in [0.1, 0.15) is 23.2 Å². The third-order valence-corrected chi connectivity index (χ3v) is 2.91. The van der Waals surface area contributed by atoms with Crippen LogP contribution in [0.2, 0.25) is 0 Å². The van der Waals surface area contributed by atoms with Gasteiger partial charge in [-0.2, -0.15) is 0 Å². The smallest absolute Gasteiger partial charge is 0.333 e. The first-order valence-corrected chi connectivity index (χ1v) is 7.29. The molecule has 130 valence electrons. The Morgan fingerprint density at radius 1 is 1.17 bits per heavy atom. The van der Waals surface area contributed by atoms with Gasteiger partial charge in [-0.15, -0.1) is 0 Å². The summed E-state index contributed by atoms with van der Waals surface area (Å²) >= 11 is 0. The number of ether oxygens (including phenoxy) is 1. The molecule has 0 aromatic heterocycles. The highest BCUT2D eigenvalue weighted by molar-refractivity contribution is 5.97. The molecule has 0 spiro atoms. The first-order chi connectivity index (χ1) is 11.4. The molecular weight excluding hydrogens is 314 g/mol. The Bertz CT molecular complexity index is 599. The second-order valence-electron chi connectivity index (χ2n) is 4.90. The van der Waals surface area contributed by atoms with Crippen LogP contribution in [0.5, 0.6) is 0 Å². The Morgan fingerprint density at radius 3 is 2.46 bits per heavy atom. The van der Waals surface area contributed by atoms with Gasteiger partial charge in [-0.1, -0.05) is 18.2 Å². The van der Waals surface area contributed by atoms with Crippen molar-refractivity contribution in [1.82, 2.24) is 5.32 Å². The first kappa shape index (κ1) is 19.1. The number of carbonyl (C=O) groups is 3. The fourth-order valence-electron chi connectivity index (χ4n) is 1.71. The van der Waals surface area contributed by atoms with Gasteiger partial charge >= 0.3 is 11.9 Å². The zero-order valence-corrected chi connectivity index (χ0v) is 13.1. The van der Waals surface area contributed by atoms with Crippen LogP contribution in [0.3, 0.4) is 0 Å². The van der Waals surface area contributed by atoms with Crippen molar-refractivity contribution >= 4 is 23.8 Å². The van der Waals surface area contributed by atoms with Crippen LogP contribution in [0.4, 0.5) is 0 Å². The van der Waals surface area contributed by atoms with Crippen molar-refractivity contribution in [3.63, 3.8) is 0 Å². The van der Waals surface area contributed by atoms with Crippen molar-refractivity contribution in [2.45, 2.75) is 18.9 Å². The number of carbonyl (C=O) groups excluding carboxylic acids is 3. The standard InChI is InChI=1S/C15H21N5O4/c16-11(7-4-8-19-15(17)18)14(23)24-12(21)9-20-13(22)10-5-2-1-3-6-10/h1-3,5-6,11H,4,7-9,16H2,(H,20,22)(H4,17,18,19)/t11-/m0/s1. The molecule has 0 saturated carbocycles. The molecule has 9 nitrogen and oxygen atoms in total. The Kier molecular flexibility index (Phi) is 7.92. The lowest BCUT2D eigenvalue weighted by molar-refractivity contribution is -0.160. The fourth-order valence-corrected chi connectivity index (χ4v) is 1.71. The average molecular weight is 335 g/mol. The maximum absolute atomic E-state index is 11.7. The highest BCUT2D eigenvalue weighted by atomic mass is 16.6. The SMILES string of the molecule is NC(N)=NCCC[C@H](N)C(=O)OC(=O)CNC(=O)c1ccccc1. The molecule has 0 bridgehead atoms. The van der Waals surface area contributed by atoms with Gasteiger partial charge in [0, 0.05) is 12.1 Å². The number of nitrogens with one attached hydrogen (secondary N) is 1. The molecule has 7 N–H and O–H groups in total. The van der Waals surface area contributed by atoms with Gasteiger partial charge in [0.05, 0.1) is 0 Å². The zero-order chi connectivity index (χ0) is 17.9. The second kappa shape index (κ2) is 9.95. The predicted octanol–water partition coefficient (Wildman–Crippen LogP) is -1.13. The van der Waals surface area contributed by atoms with Gasteiger partial charge in [0.25, 0.3) is 5.91 Å². The van der Waals surface area contributed by atoms with E-state index < -0.39 is 30.4 Å². The monoisotopic (exact) mass is 335 g/mol. The van der Waals surface area contributed by atoms with Crippen LogP contribution in [0.25, 0.3) is 0 Å². The summed E-state index contributed by atoms with van der Waals surface area (Å²) in [4.78, 5) is 38.7. The number of nitrogens with two attached hydrogens (primary N) is 3. The summed E-state index contributed by atoms with van der Waals surface area (Å²) in [6.07, 6.45) is 0.729. The van der Waals surface area contributed by atoms with Crippen LogP contribution in [0.15, 0.2) is 35.3 Å². The van der Waals surface area contributed by atoms with Gasteiger partial charge in [-0.25, -0.2) is 9.59 Å². The summed E-state index contributed by atoms with van der Waals surface area (Å²) in [6.45, 7) is -0.107. The minimum atomic E-state index is -0.965. The average Bonchev–Trinajstić information content (AvgIpc) is 2.56. The number of rotatable bonds is 8. The first-order valence-electron chi connectivity index (χ1n) is 7.29. The van der Waals surface area contributed by atoms with Gasteiger partial charge in [0.2, 0.25) is 0 Å². The van der Waals surface area contributed by atoms with E-state index in [0.717, 1.165) is 0 Å². The number of esters is 2. The molecule has 0 fully saturated rings. The van der Waals surface area contributed by atoms with E-state index in [0.29, 0.717) is 18.5 Å². The summed E-state index contributed by atoms with van der Waals surface area (Å²) in [5.74, 6) is -2.24. The molecule has 0 radical (unpaired) electrons. The third kappa shape index (κ3) is 7.36. The van der Waals surface area contributed by atoms with Gasteiger partial charge in [-0.05, 0) is 25.0 Å². The lowest BCUT2D eigenvalue weighted by Crippen LogP contribution is -2.37. The maximum atomic E-state index is 11.7. The number of hydrogen-bond donors (Lipinski definition) is 4. The van der Waals surface area contributed by atoms with Crippen LogP contribution in [-0.2, 0) is 14.3 Å². The predicted molar refractivity (Wildman–Crippen MR) is 87.8 cm³/mol. The Hall–Kier alpha value is -2.94. The molecule has 1 aromatic rings. The molecule has 0 aliphatic carbocycles. The van der Waals surface area contributed by atoms with Gasteiger partial charge < -0.3 is 27.3 Å². The molecule has 1 rings (SSSR count). The lowest BCUT2D eigenvalue weighted by atomic mass is 10.2. The quantitative estimate of drug-likeness (QED) is 0.153. The van der Waals surface area contributed by atoms with Gasteiger partial charge in [-0.3, -0.25) is 9.79 Å². The molecule has 24 heavy (non-hydrogen) atoms. The lowest BCUT2D eigenvalue weighted by Gasteiger charge is -2.10. The number of amides is 1. The Labute approximate surface area is 139 Å². The van der Waals surface area contributed by atoms with E-state index in [1.807, 2.05) is 0 Å². The van der Waals surface area contributed by atoms with E-state index in [4.69, 9.17) is 17.2 Å². The van der Waals surface area contributed by atoms with Crippen molar-refractivity contribution in [2.75, 3.05) is 13.1 Å². The molecule has 0 saturated heterocycles. The Morgan fingerprint density at radius 2 is 1.83 bits per heavy atom. The minimum Gasteiger partial charge on any atom is -0.391 e. The third-order valence-electron chi connectivity index (χ3n) is 2.91. The number of hydrogen-bond acceptors (Lipinski definition) is 6. The minimum absolute atomic E-state index is 0.0458. The van der Waals surface area contributed by atoms with E-state index in [1.54, 1.807) is 30.3 Å². The molecule has 0 aliphatic rings. The molecule has 1 aromatic carbocycles. The van der Waals surface area contributed by atoms with E-state index in [2.05, 4.69) is 15.0 Å². The van der Waals surface area contributed by atoms with Crippen LogP contribution >= 0.6 is 0 Å². The summed E-state index contributed by atoms with van der Waals surface area (Å²) in [5, 5.41) is 2.36. The topological polar surface area (TPSA) is 163 Å². The zero-order valence-electron chi connectivity index (χ0n) is 13.1.